The molecule has 0 amide bonds. The van der Waals surface area contributed by atoms with E-state index in [1.807, 2.05) is 0 Å². The summed E-state index contributed by atoms with van der Waals surface area (Å²) in [6.07, 6.45) is 6.54. The summed E-state index contributed by atoms with van der Waals surface area (Å²) in [6, 6.07) is 7.14. The summed E-state index contributed by atoms with van der Waals surface area (Å²) in [6.45, 7) is 0. The van der Waals surface area contributed by atoms with Crippen LogP contribution in [0.5, 0.6) is 0 Å². The molecular weight excluding hydrogens is 258 g/mol. The van der Waals surface area contributed by atoms with Gasteiger partial charge in [0.15, 0.2) is 0 Å². The highest BCUT2D eigenvalue weighted by Gasteiger charge is 2.39. The Balaban J connectivity index is 0.00000133. The summed E-state index contributed by atoms with van der Waals surface area (Å²) >= 11 is 0. The molecule has 3 rings (SSSR count). The van der Waals surface area contributed by atoms with Crippen LogP contribution in [0.1, 0.15) is 42.4 Å². The van der Waals surface area contributed by atoms with Gasteiger partial charge in [-0.25, -0.2) is 0 Å². The molecule has 0 saturated heterocycles. The number of hydrogen-bond acceptors (Lipinski definition) is 2. The van der Waals surface area contributed by atoms with E-state index in [4.69, 9.17) is 0 Å². The van der Waals surface area contributed by atoms with E-state index >= 15 is 0 Å². The monoisotopic (exact) mass is 281 g/mol. The van der Waals surface area contributed by atoms with Crippen molar-refractivity contribution in [3.8, 4) is 0 Å². The molecule has 2 nitrogen and oxygen atoms in total. The Bertz CT molecular complexity index is 454. The van der Waals surface area contributed by atoms with Crippen molar-refractivity contribution in [1.82, 2.24) is 4.90 Å². The number of halogens is 1. The van der Waals surface area contributed by atoms with Crippen LogP contribution in [-0.2, 0) is 18.4 Å². The standard InChI is InChI=1S/C16H23NO.ClH/c1-17(2)13-8-7-12-5-3-6-15(14(12)11-13)16(18)9-4-10-16;/h3,5-6,13,18H,4,7-11H2,1-2H3;1H/t13-;/m1./s1. The van der Waals surface area contributed by atoms with Gasteiger partial charge in [-0.15, -0.1) is 12.4 Å². The number of likely N-dealkylation sites (N-methyl/N-ethyl adjacent to an activating group) is 1. The zero-order chi connectivity index (χ0) is 12.8. The summed E-state index contributed by atoms with van der Waals surface area (Å²) in [5.41, 5.74) is 3.60. The Morgan fingerprint density at radius 3 is 2.58 bits per heavy atom. The predicted octanol–water partition coefficient (Wildman–Crippen LogP) is 2.90. The van der Waals surface area contributed by atoms with E-state index in [0.29, 0.717) is 6.04 Å². The first-order valence-electron chi connectivity index (χ1n) is 7.10. The topological polar surface area (TPSA) is 23.5 Å². The van der Waals surface area contributed by atoms with E-state index in [1.54, 1.807) is 0 Å². The molecule has 0 bridgehead atoms. The average Bonchev–Trinajstić information content (AvgIpc) is 2.34. The zero-order valence-corrected chi connectivity index (χ0v) is 12.7. The Labute approximate surface area is 122 Å². The molecule has 0 radical (unpaired) electrons. The van der Waals surface area contributed by atoms with Crippen LogP contribution in [0, 0.1) is 0 Å². The molecule has 0 aliphatic heterocycles. The molecule has 1 atom stereocenters. The fourth-order valence-corrected chi connectivity index (χ4v) is 3.43. The van der Waals surface area contributed by atoms with E-state index in [1.165, 1.54) is 23.1 Å². The molecule has 19 heavy (non-hydrogen) atoms. The molecular formula is C16H24ClNO. The van der Waals surface area contributed by atoms with Crippen LogP contribution in [0.15, 0.2) is 18.2 Å². The van der Waals surface area contributed by atoms with Crippen LogP contribution in [0.25, 0.3) is 0 Å². The Morgan fingerprint density at radius 2 is 2.00 bits per heavy atom. The second-order valence-electron chi connectivity index (χ2n) is 6.19. The van der Waals surface area contributed by atoms with Crippen LogP contribution in [0.3, 0.4) is 0 Å². The van der Waals surface area contributed by atoms with Gasteiger partial charge in [-0.05, 0) is 69.3 Å². The zero-order valence-electron chi connectivity index (χ0n) is 11.9. The SMILES string of the molecule is CN(C)[C@@H]1CCc2cccc(C3(O)CCC3)c2C1.Cl. The smallest absolute Gasteiger partial charge is 0.0899 e. The maximum atomic E-state index is 10.6. The Kier molecular flexibility index (Phi) is 4.24. The molecule has 106 valence electrons. The summed E-state index contributed by atoms with van der Waals surface area (Å²) < 4.78 is 0. The Morgan fingerprint density at radius 1 is 1.26 bits per heavy atom. The second-order valence-corrected chi connectivity index (χ2v) is 6.19. The third kappa shape index (κ3) is 2.54. The van der Waals surface area contributed by atoms with Gasteiger partial charge in [0, 0.05) is 6.04 Å². The number of aryl methyl sites for hydroxylation is 1. The minimum atomic E-state index is -0.514. The van der Waals surface area contributed by atoms with Gasteiger partial charge >= 0.3 is 0 Å². The van der Waals surface area contributed by atoms with Gasteiger partial charge in [0.05, 0.1) is 5.60 Å². The maximum absolute atomic E-state index is 10.6. The highest BCUT2D eigenvalue weighted by molar-refractivity contribution is 5.85. The molecule has 1 N–H and O–H groups in total. The van der Waals surface area contributed by atoms with Gasteiger partial charge in [0.25, 0.3) is 0 Å². The molecule has 1 aromatic rings. The molecule has 2 aliphatic carbocycles. The molecule has 1 saturated carbocycles. The summed E-state index contributed by atoms with van der Waals surface area (Å²) in [7, 11) is 4.33. The molecule has 0 heterocycles. The van der Waals surface area contributed by atoms with Gasteiger partial charge in [-0.1, -0.05) is 18.2 Å². The molecule has 0 unspecified atom stereocenters. The van der Waals surface area contributed by atoms with Gasteiger partial charge in [-0.2, -0.15) is 0 Å². The molecule has 0 spiro atoms. The summed E-state index contributed by atoms with van der Waals surface area (Å²) in [4.78, 5) is 2.32. The van der Waals surface area contributed by atoms with Crippen LogP contribution in [0.4, 0.5) is 0 Å². The normalized spacial score (nSPS) is 24.3. The number of benzene rings is 1. The number of hydrogen-bond donors (Lipinski definition) is 1. The highest BCUT2D eigenvalue weighted by atomic mass is 35.5. The van der Waals surface area contributed by atoms with E-state index in [-0.39, 0.29) is 12.4 Å². The van der Waals surface area contributed by atoms with E-state index < -0.39 is 5.60 Å². The first-order chi connectivity index (χ1) is 8.60. The van der Waals surface area contributed by atoms with Gasteiger partial charge in [-0.3, -0.25) is 0 Å². The molecule has 1 fully saturated rings. The summed E-state index contributed by atoms with van der Waals surface area (Å²) in [5, 5.41) is 10.6. The number of fused-ring (bicyclic) bond motifs is 1. The van der Waals surface area contributed by atoms with Crippen molar-refractivity contribution in [2.45, 2.75) is 50.2 Å². The summed E-state index contributed by atoms with van der Waals surface area (Å²) in [5.74, 6) is 0. The fourth-order valence-electron chi connectivity index (χ4n) is 3.43. The van der Waals surface area contributed by atoms with Crippen LogP contribution in [0.2, 0.25) is 0 Å². The van der Waals surface area contributed by atoms with Crippen molar-refractivity contribution in [3.05, 3.63) is 34.9 Å². The van der Waals surface area contributed by atoms with Crippen LogP contribution in [-0.4, -0.2) is 30.1 Å². The average molecular weight is 282 g/mol. The largest absolute Gasteiger partial charge is 0.385 e. The molecule has 1 aromatic carbocycles. The lowest BCUT2D eigenvalue weighted by Gasteiger charge is -2.41. The minimum absolute atomic E-state index is 0. The molecule has 3 heteroatoms. The third-order valence-electron chi connectivity index (χ3n) is 4.87. The number of rotatable bonds is 2. The number of nitrogens with zero attached hydrogens (tertiary/aromatic N) is 1. The lowest BCUT2D eigenvalue weighted by atomic mass is 9.70. The quantitative estimate of drug-likeness (QED) is 0.901. The van der Waals surface area contributed by atoms with E-state index in [0.717, 1.165) is 32.1 Å². The van der Waals surface area contributed by atoms with Gasteiger partial charge < -0.3 is 10.0 Å². The van der Waals surface area contributed by atoms with Crippen LogP contribution < -0.4 is 0 Å². The van der Waals surface area contributed by atoms with Crippen molar-refractivity contribution in [2.75, 3.05) is 14.1 Å². The lowest BCUT2D eigenvalue weighted by molar-refractivity contribution is -0.0398. The van der Waals surface area contributed by atoms with E-state index in [9.17, 15) is 5.11 Å². The predicted molar refractivity (Wildman–Crippen MR) is 80.9 cm³/mol. The van der Waals surface area contributed by atoms with Crippen molar-refractivity contribution in [1.29, 1.82) is 0 Å². The Hall–Kier alpha value is -0.570. The fraction of sp³-hybridized carbons (Fsp3) is 0.625. The van der Waals surface area contributed by atoms with Gasteiger partial charge in [0.2, 0.25) is 0 Å². The molecule has 2 aliphatic rings. The third-order valence-corrected chi connectivity index (χ3v) is 4.87. The van der Waals surface area contributed by atoms with Crippen LogP contribution >= 0.6 is 12.4 Å². The van der Waals surface area contributed by atoms with Crippen molar-refractivity contribution < 1.29 is 5.11 Å². The lowest BCUT2D eigenvalue weighted by Crippen LogP contribution is -2.38. The number of aliphatic hydroxyl groups is 1. The minimum Gasteiger partial charge on any atom is -0.385 e. The van der Waals surface area contributed by atoms with Crippen molar-refractivity contribution >= 4 is 12.4 Å². The van der Waals surface area contributed by atoms with E-state index in [2.05, 4.69) is 37.2 Å². The molecule has 0 aromatic heterocycles. The first-order valence-corrected chi connectivity index (χ1v) is 7.10. The first kappa shape index (κ1) is 14.8. The van der Waals surface area contributed by atoms with Crippen molar-refractivity contribution in [2.24, 2.45) is 0 Å². The van der Waals surface area contributed by atoms with Crippen molar-refractivity contribution in [3.63, 3.8) is 0 Å². The van der Waals surface area contributed by atoms with Gasteiger partial charge in [0.1, 0.15) is 0 Å². The maximum Gasteiger partial charge on any atom is 0.0899 e. The second kappa shape index (κ2) is 5.43. The highest BCUT2D eigenvalue weighted by Crippen LogP contribution is 2.44.